The number of hydrogen-bond donors (Lipinski definition) is 1. The van der Waals surface area contributed by atoms with Crippen LogP contribution >= 0.6 is 0 Å². The van der Waals surface area contributed by atoms with E-state index in [1.165, 1.54) is 54.4 Å². The Balaban J connectivity index is 1.88. The van der Waals surface area contributed by atoms with Crippen molar-refractivity contribution in [2.24, 2.45) is 0 Å². The van der Waals surface area contributed by atoms with E-state index in [2.05, 4.69) is 50.2 Å². The van der Waals surface area contributed by atoms with Crippen LogP contribution in [0.15, 0.2) is 36.4 Å². The Kier molecular flexibility index (Phi) is 4.01. The van der Waals surface area contributed by atoms with E-state index in [0.29, 0.717) is 0 Å². The number of nitrogen functional groups attached to an aromatic ring is 1. The Morgan fingerprint density at radius 1 is 0.857 bits per heavy atom. The Hall–Kier alpha value is -1.76. The van der Waals surface area contributed by atoms with Gasteiger partial charge in [-0.05, 0) is 72.6 Å². The van der Waals surface area contributed by atoms with Gasteiger partial charge >= 0.3 is 0 Å². The number of nitrogens with two attached hydrogens (primary N) is 1. The van der Waals surface area contributed by atoms with Gasteiger partial charge in [-0.2, -0.15) is 0 Å². The van der Waals surface area contributed by atoms with Gasteiger partial charge in [0.25, 0.3) is 0 Å². The fourth-order valence-electron chi connectivity index (χ4n) is 3.52. The Morgan fingerprint density at radius 2 is 1.52 bits per heavy atom. The van der Waals surface area contributed by atoms with Gasteiger partial charge in [0.05, 0.1) is 0 Å². The largest absolute Gasteiger partial charge is 0.399 e. The second-order valence-corrected chi connectivity index (χ2v) is 6.48. The second-order valence-electron chi connectivity index (χ2n) is 6.48. The molecule has 0 heterocycles. The molecule has 1 aliphatic rings. The third-order valence-electron chi connectivity index (χ3n) is 4.91. The zero-order valence-corrected chi connectivity index (χ0v) is 13.2. The number of rotatable bonds is 2. The molecule has 0 amide bonds. The van der Waals surface area contributed by atoms with E-state index >= 15 is 0 Å². The molecule has 2 N–H and O–H groups in total. The minimum Gasteiger partial charge on any atom is -0.399 e. The van der Waals surface area contributed by atoms with Crippen LogP contribution in [-0.4, -0.2) is 0 Å². The van der Waals surface area contributed by atoms with Gasteiger partial charge in [0.15, 0.2) is 0 Å². The van der Waals surface area contributed by atoms with Crippen LogP contribution in [0.3, 0.4) is 0 Å². The summed E-state index contributed by atoms with van der Waals surface area (Å²) in [7, 11) is 0. The van der Waals surface area contributed by atoms with Crippen molar-refractivity contribution in [2.75, 3.05) is 5.73 Å². The molecule has 1 heteroatoms. The predicted octanol–water partition coefficient (Wildman–Crippen LogP) is 5.60. The van der Waals surface area contributed by atoms with Crippen LogP contribution in [0.2, 0.25) is 0 Å². The summed E-state index contributed by atoms with van der Waals surface area (Å²) in [6, 6.07) is 13.5. The maximum atomic E-state index is 5.99. The first-order valence-corrected chi connectivity index (χ1v) is 8.12. The Bertz CT molecular complexity index is 619. The lowest BCUT2D eigenvalue weighted by Gasteiger charge is -2.22. The van der Waals surface area contributed by atoms with Gasteiger partial charge in [-0.15, -0.1) is 0 Å². The molecule has 1 nitrogen and oxygen atoms in total. The zero-order valence-electron chi connectivity index (χ0n) is 13.2. The monoisotopic (exact) mass is 279 g/mol. The molecule has 1 aliphatic carbocycles. The Labute approximate surface area is 128 Å². The van der Waals surface area contributed by atoms with E-state index in [1.54, 1.807) is 0 Å². The van der Waals surface area contributed by atoms with E-state index in [1.807, 2.05) is 0 Å². The molecule has 1 saturated carbocycles. The van der Waals surface area contributed by atoms with Crippen molar-refractivity contribution in [3.63, 3.8) is 0 Å². The molecule has 0 aliphatic heterocycles. The summed E-state index contributed by atoms with van der Waals surface area (Å²) >= 11 is 0. The fraction of sp³-hybridized carbons (Fsp3) is 0.400. The van der Waals surface area contributed by atoms with E-state index in [9.17, 15) is 0 Å². The van der Waals surface area contributed by atoms with Crippen LogP contribution in [0.25, 0.3) is 11.1 Å². The van der Waals surface area contributed by atoms with Crippen molar-refractivity contribution in [3.8, 4) is 11.1 Å². The van der Waals surface area contributed by atoms with Gasteiger partial charge in [0.1, 0.15) is 0 Å². The van der Waals surface area contributed by atoms with Gasteiger partial charge in [-0.1, -0.05) is 43.5 Å². The average Bonchev–Trinajstić information content (AvgIpc) is 2.52. The summed E-state index contributed by atoms with van der Waals surface area (Å²) < 4.78 is 0. The molecule has 21 heavy (non-hydrogen) atoms. The zero-order chi connectivity index (χ0) is 14.8. The first kappa shape index (κ1) is 14.2. The average molecular weight is 279 g/mol. The molecule has 1 fully saturated rings. The predicted molar refractivity (Wildman–Crippen MR) is 91.6 cm³/mol. The minimum absolute atomic E-state index is 0.780. The highest BCUT2D eigenvalue weighted by molar-refractivity contribution is 5.71. The van der Waals surface area contributed by atoms with Crippen LogP contribution in [0.4, 0.5) is 5.69 Å². The lowest BCUT2D eigenvalue weighted by Crippen LogP contribution is -2.04. The number of hydrogen-bond acceptors (Lipinski definition) is 1. The third kappa shape index (κ3) is 2.97. The van der Waals surface area contributed by atoms with Crippen LogP contribution in [0.5, 0.6) is 0 Å². The van der Waals surface area contributed by atoms with E-state index in [0.717, 1.165) is 17.2 Å². The molecule has 2 aromatic rings. The summed E-state index contributed by atoms with van der Waals surface area (Å²) in [6.07, 6.45) is 6.92. The summed E-state index contributed by atoms with van der Waals surface area (Å²) in [4.78, 5) is 0. The summed E-state index contributed by atoms with van der Waals surface area (Å²) in [6.45, 7) is 4.22. The van der Waals surface area contributed by atoms with Gasteiger partial charge in [0.2, 0.25) is 0 Å². The fourth-order valence-corrected chi connectivity index (χ4v) is 3.52. The lowest BCUT2D eigenvalue weighted by molar-refractivity contribution is 0.443. The minimum atomic E-state index is 0.780. The number of aryl methyl sites for hydroxylation is 2. The summed E-state index contributed by atoms with van der Waals surface area (Å²) in [5, 5.41) is 0. The topological polar surface area (TPSA) is 26.0 Å². The van der Waals surface area contributed by atoms with Gasteiger partial charge in [0, 0.05) is 5.69 Å². The molecule has 110 valence electrons. The van der Waals surface area contributed by atoms with Crippen molar-refractivity contribution in [3.05, 3.63) is 53.1 Å². The van der Waals surface area contributed by atoms with Crippen LogP contribution in [0, 0.1) is 13.8 Å². The first-order valence-electron chi connectivity index (χ1n) is 8.12. The molecular weight excluding hydrogens is 254 g/mol. The highest BCUT2D eigenvalue weighted by Crippen LogP contribution is 2.34. The maximum Gasteiger partial charge on any atom is 0.0346 e. The highest BCUT2D eigenvalue weighted by Gasteiger charge is 2.15. The van der Waals surface area contributed by atoms with Crippen LogP contribution in [-0.2, 0) is 0 Å². The van der Waals surface area contributed by atoms with Crippen molar-refractivity contribution >= 4 is 5.69 Å². The van der Waals surface area contributed by atoms with Crippen LogP contribution < -0.4 is 5.73 Å². The van der Waals surface area contributed by atoms with E-state index < -0.39 is 0 Å². The van der Waals surface area contributed by atoms with Crippen molar-refractivity contribution < 1.29 is 0 Å². The van der Waals surface area contributed by atoms with Crippen molar-refractivity contribution in [1.82, 2.24) is 0 Å². The molecule has 0 radical (unpaired) electrons. The molecule has 0 bridgehead atoms. The molecule has 3 rings (SSSR count). The van der Waals surface area contributed by atoms with E-state index in [4.69, 9.17) is 5.73 Å². The SMILES string of the molecule is Cc1cc(-c2ccc(C3CCCCC3)cc2)c(C)cc1N. The number of anilines is 1. The lowest BCUT2D eigenvalue weighted by atomic mass is 9.83. The molecule has 0 unspecified atom stereocenters. The molecular formula is C20H25N. The molecule has 0 saturated heterocycles. The van der Waals surface area contributed by atoms with Gasteiger partial charge < -0.3 is 5.73 Å². The quantitative estimate of drug-likeness (QED) is 0.711. The number of benzene rings is 2. The normalized spacial score (nSPS) is 16.1. The molecule has 0 aromatic heterocycles. The third-order valence-corrected chi connectivity index (χ3v) is 4.91. The van der Waals surface area contributed by atoms with E-state index in [-0.39, 0.29) is 0 Å². The molecule has 2 aromatic carbocycles. The highest BCUT2D eigenvalue weighted by atomic mass is 14.6. The van der Waals surface area contributed by atoms with Crippen molar-refractivity contribution in [1.29, 1.82) is 0 Å². The maximum absolute atomic E-state index is 5.99. The smallest absolute Gasteiger partial charge is 0.0346 e. The Morgan fingerprint density at radius 3 is 2.19 bits per heavy atom. The second kappa shape index (κ2) is 5.93. The standard InChI is InChI=1S/C20H25N/c1-14-13-20(21)15(2)12-19(14)18-10-8-17(9-11-18)16-6-4-3-5-7-16/h8-13,16H,3-7,21H2,1-2H3. The van der Waals surface area contributed by atoms with Crippen LogP contribution in [0.1, 0.15) is 54.7 Å². The van der Waals surface area contributed by atoms with Gasteiger partial charge in [-0.3, -0.25) is 0 Å². The summed E-state index contributed by atoms with van der Waals surface area (Å²) in [5.41, 5.74) is 13.4. The van der Waals surface area contributed by atoms with Crippen molar-refractivity contribution in [2.45, 2.75) is 51.9 Å². The van der Waals surface area contributed by atoms with Gasteiger partial charge in [-0.25, -0.2) is 0 Å². The summed E-state index contributed by atoms with van der Waals surface area (Å²) in [5.74, 6) is 0.780. The molecule has 0 spiro atoms. The molecule has 0 atom stereocenters. The first-order chi connectivity index (χ1) is 10.1.